The molecule has 0 radical (unpaired) electrons. The van der Waals surface area contributed by atoms with Gasteiger partial charge in [0, 0.05) is 33.4 Å². The first kappa shape index (κ1) is 14.8. The minimum Gasteiger partial charge on any atom is -0.306 e. The van der Waals surface area contributed by atoms with Crippen molar-refractivity contribution in [3.05, 3.63) is 62.0 Å². The molecular formula is C15H12BrFN2S2. The number of thiophene rings is 1. The van der Waals surface area contributed by atoms with Crippen molar-refractivity contribution in [2.24, 2.45) is 0 Å². The molecule has 0 fully saturated rings. The number of aromatic nitrogens is 1. The number of benzene rings is 1. The maximum absolute atomic E-state index is 12.9. The van der Waals surface area contributed by atoms with Crippen LogP contribution in [0.1, 0.15) is 10.6 Å². The Morgan fingerprint density at radius 3 is 2.62 bits per heavy atom. The number of thiazole rings is 1. The SMILES string of the molecule is Fc1ccc(-c2nc(CNCc3sccc3Br)cs2)cc1. The predicted octanol–water partition coefficient (Wildman–Crippen LogP) is 5.06. The van der Waals surface area contributed by atoms with Crippen LogP contribution >= 0.6 is 38.6 Å². The second-order valence-corrected chi connectivity index (χ2v) is 7.16. The van der Waals surface area contributed by atoms with E-state index in [1.54, 1.807) is 34.8 Å². The largest absolute Gasteiger partial charge is 0.306 e. The summed E-state index contributed by atoms with van der Waals surface area (Å²) in [5, 5.41) is 8.41. The van der Waals surface area contributed by atoms with E-state index < -0.39 is 0 Å². The molecular weight excluding hydrogens is 371 g/mol. The second-order valence-electron chi connectivity index (χ2n) is 4.45. The fourth-order valence-corrected chi connectivity index (χ4v) is 4.16. The highest BCUT2D eigenvalue weighted by Crippen LogP contribution is 2.24. The molecule has 2 nitrogen and oxygen atoms in total. The van der Waals surface area contributed by atoms with Crippen LogP contribution < -0.4 is 5.32 Å². The lowest BCUT2D eigenvalue weighted by Crippen LogP contribution is -2.12. The average molecular weight is 383 g/mol. The van der Waals surface area contributed by atoms with Crippen LogP contribution in [0.25, 0.3) is 10.6 Å². The van der Waals surface area contributed by atoms with Crippen LogP contribution in [0, 0.1) is 5.82 Å². The molecule has 21 heavy (non-hydrogen) atoms. The molecule has 2 aromatic heterocycles. The van der Waals surface area contributed by atoms with E-state index in [0.29, 0.717) is 0 Å². The van der Waals surface area contributed by atoms with Crippen molar-refractivity contribution in [1.29, 1.82) is 0 Å². The molecule has 0 bridgehead atoms. The van der Waals surface area contributed by atoms with Crippen molar-refractivity contribution in [3.63, 3.8) is 0 Å². The molecule has 6 heteroatoms. The standard InChI is InChI=1S/C15H12BrFN2S2/c16-13-5-6-20-14(13)8-18-7-12-9-21-15(19-12)10-1-3-11(17)4-2-10/h1-6,9,18H,7-8H2. The Morgan fingerprint density at radius 1 is 1.10 bits per heavy atom. The van der Waals surface area contributed by atoms with Crippen molar-refractivity contribution >= 4 is 38.6 Å². The molecule has 1 N–H and O–H groups in total. The van der Waals surface area contributed by atoms with E-state index >= 15 is 0 Å². The highest BCUT2D eigenvalue weighted by atomic mass is 79.9. The van der Waals surface area contributed by atoms with Gasteiger partial charge < -0.3 is 5.32 Å². The van der Waals surface area contributed by atoms with Gasteiger partial charge in [0.2, 0.25) is 0 Å². The fourth-order valence-electron chi connectivity index (χ4n) is 1.87. The molecule has 0 saturated heterocycles. The van der Waals surface area contributed by atoms with Gasteiger partial charge in [-0.15, -0.1) is 22.7 Å². The Kier molecular flexibility index (Phi) is 4.80. The molecule has 0 spiro atoms. The normalized spacial score (nSPS) is 11.0. The third-order valence-electron chi connectivity index (χ3n) is 2.93. The third-order valence-corrected chi connectivity index (χ3v) is 5.79. The molecule has 108 valence electrons. The number of hydrogen-bond donors (Lipinski definition) is 1. The van der Waals surface area contributed by atoms with Gasteiger partial charge in [-0.25, -0.2) is 9.37 Å². The van der Waals surface area contributed by atoms with Crippen LogP contribution in [0.2, 0.25) is 0 Å². The van der Waals surface area contributed by atoms with Gasteiger partial charge in [-0.3, -0.25) is 0 Å². The van der Waals surface area contributed by atoms with Crippen molar-refractivity contribution in [3.8, 4) is 10.6 Å². The monoisotopic (exact) mass is 382 g/mol. The van der Waals surface area contributed by atoms with Crippen LogP contribution in [-0.2, 0) is 13.1 Å². The van der Waals surface area contributed by atoms with Gasteiger partial charge in [-0.1, -0.05) is 0 Å². The van der Waals surface area contributed by atoms with E-state index in [1.165, 1.54) is 17.0 Å². The molecule has 0 aliphatic carbocycles. The van der Waals surface area contributed by atoms with E-state index in [4.69, 9.17) is 0 Å². The molecule has 2 heterocycles. The van der Waals surface area contributed by atoms with Crippen LogP contribution in [-0.4, -0.2) is 4.98 Å². The van der Waals surface area contributed by atoms with Gasteiger partial charge in [0.05, 0.1) is 5.69 Å². The Labute approximate surface area is 138 Å². The van der Waals surface area contributed by atoms with E-state index in [0.717, 1.165) is 33.8 Å². The van der Waals surface area contributed by atoms with Gasteiger partial charge in [0.25, 0.3) is 0 Å². The topological polar surface area (TPSA) is 24.9 Å². The zero-order valence-corrected chi connectivity index (χ0v) is 14.2. The number of nitrogens with one attached hydrogen (secondary N) is 1. The predicted molar refractivity (Wildman–Crippen MR) is 90.1 cm³/mol. The van der Waals surface area contributed by atoms with Gasteiger partial charge in [0.1, 0.15) is 10.8 Å². The van der Waals surface area contributed by atoms with Crippen molar-refractivity contribution in [1.82, 2.24) is 10.3 Å². The Bertz CT molecular complexity index is 721. The van der Waals surface area contributed by atoms with Gasteiger partial charge >= 0.3 is 0 Å². The van der Waals surface area contributed by atoms with Crippen molar-refractivity contribution in [2.45, 2.75) is 13.1 Å². The molecule has 0 unspecified atom stereocenters. The molecule has 0 aliphatic heterocycles. The zero-order chi connectivity index (χ0) is 14.7. The lowest BCUT2D eigenvalue weighted by atomic mass is 10.2. The Balaban J connectivity index is 1.60. The Hall–Kier alpha value is -1.08. The van der Waals surface area contributed by atoms with Crippen LogP contribution in [0.5, 0.6) is 0 Å². The summed E-state index contributed by atoms with van der Waals surface area (Å²) in [6.07, 6.45) is 0. The number of nitrogens with zero attached hydrogens (tertiary/aromatic N) is 1. The van der Waals surface area contributed by atoms with E-state index in [1.807, 2.05) is 5.38 Å². The lowest BCUT2D eigenvalue weighted by Gasteiger charge is -2.01. The van der Waals surface area contributed by atoms with Gasteiger partial charge in [-0.05, 0) is 51.6 Å². The van der Waals surface area contributed by atoms with Crippen LogP contribution in [0.3, 0.4) is 0 Å². The lowest BCUT2D eigenvalue weighted by molar-refractivity contribution is 0.628. The Morgan fingerprint density at radius 2 is 1.90 bits per heavy atom. The fraction of sp³-hybridized carbons (Fsp3) is 0.133. The average Bonchev–Trinajstić information content (AvgIpc) is 3.10. The molecule has 0 amide bonds. The summed E-state index contributed by atoms with van der Waals surface area (Å²) < 4.78 is 14.1. The van der Waals surface area contributed by atoms with Crippen molar-refractivity contribution < 1.29 is 4.39 Å². The summed E-state index contributed by atoms with van der Waals surface area (Å²) in [6, 6.07) is 8.49. The maximum Gasteiger partial charge on any atom is 0.123 e. The van der Waals surface area contributed by atoms with E-state index in [9.17, 15) is 4.39 Å². The molecule has 0 atom stereocenters. The first-order valence-electron chi connectivity index (χ1n) is 6.35. The summed E-state index contributed by atoms with van der Waals surface area (Å²) in [6.45, 7) is 1.55. The highest BCUT2D eigenvalue weighted by Gasteiger charge is 2.06. The van der Waals surface area contributed by atoms with Crippen LogP contribution in [0.15, 0.2) is 45.6 Å². The molecule has 0 saturated carbocycles. The van der Waals surface area contributed by atoms with Gasteiger partial charge in [0.15, 0.2) is 0 Å². The highest BCUT2D eigenvalue weighted by molar-refractivity contribution is 9.10. The van der Waals surface area contributed by atoms with Crippen LogP contribution in [0.4, 0.5) is 4.39 Å². The number of rotatable bonds is 5. The summed E-state index contributed by atoms with van der Waals surface area (Å²) in [4.78, 5) is 5.86. The first-order valence-corrected chi connectivity index (χ1v) is 8.90. The summed E-state index contributed by atoms with van der Waals surface area (Å²) in [5.41, 5.74) is 1.96. The van der Waals surface area contributed by atoms with Crippen molar-refractivity contribution in [2.75, 3.05) is 0 Å². The maximum atomic E-state index is 12.9. The summed E-state index contributed by atoms with van der Waals surface area (Å²) >= 11 is 6.82. The summed E-state index contributed by atoms with van der Waals surface area (Å²) in [7, 11) is 0. The molecule has 0 aliphatic rings. The summed E-state index contributed by atoms with van der Waals surface area (Å²) in [5.74, 6) is -0.223. The first-order chi connectivity index (χ1) is 10.2. The minimum atomic E-state index is -0.223. The van der Waals surface area contributed by atoms with Gasteiger partial charge in [-0.2, -0.15) is 0 Å². The smallest absolute Gasteiger partial charge is 0.123 e. The second kappa shape index (κ2) is 6.79. The zero-order valence-electron chi connectivity index (χ0n) is 11.0. The molecule has 3 aromatic rings. The quantitative estimate of drug-likeness (QED) is 0.666. The molecule has 3 rings (SSSR count). The van der Waals surface area contributed by atoms with E-state index in [-0.39, 0.29) is 5.82 Å². The third kappa shape index (κ3) is 3.77. The number of halogens is 2. The number of hydrogen-bond acceptors (Lipinski definition) is 4. The minimum absolute atomic E-state index is 0.223. The van der Waals surface area contributed by atoms with E-state index in [2.05, 4.69) is 37.7 Å². The molecule has 1 aromatic carbocycles.